The molecule has 0 unspecified atom stereocenters. The topological polar surface area (TPSA) is 46.4 Å². The van der Waals surface area contributed by atoms with E-state index in [4.69, 9.17) is 0 Å². The molecular weight excluding hydrogens is 296 g/mol. The molecule has 0 bridgehead atoms. The summed E-state index contributed by atoms with van der Waals surface area (Å²) in [4.78, 5) is 10.6. The molecule has 92 valence electrons. The summed E-state index contributed by atoms with van der Waals surface area (Å²) in [5.41, 5.74) is 1.71. The highest BCUT2D eigenvalue weighted by atomic mass is 79.9. The minimum Gasteiger partial charge on any atom is -0.298 e. The first-order valence-electron chi connectivity index (χ1n) is 5.39. The maximum absolute atomic E-state index is 10.9. The Hall–Kier alpha value is -1.88. The van der Waals surface area contributed by atoms with E-state index < -0.39 is 0 Å². The lowest BCUT2D eigenvalue weighted by Gasteiger charge is -2.16. The van der Waals surface area contributed by atoms with Crippen LogP contribution in [0.15, 0.2) is 54.6 Å². The third kappa shape index (κ3) is 2.87. The van der Waals surface area contributed by atoms with Crippen LogP contribution in [-0.4, -0.2) is 4.92 Å². The fourth-order valence-electron chi connectivity index (χ4n) is 1.65. The number of nitro groups is 1. The van der Waals surface area contributed by atoms with Gasteiger partial charge in [-0.3, -0.25) is 14.0 Å². The van der Waals surface area contributed by atoms with Gasteiger partial charge in [0.2, 0.25) is 0 Å². The SMILES string of the molecule is O=[N+]([O-])c1ccccc1N(Br)Cc1ccccc1. The van der Waals surface area contributed by atoms with E-state index in [0.717, 1.165) is 5.56 Å². The minimum absolute atomic E-state index is 0.0882. The molecule has 0 aliphatic heterocycles. The predicted molar refractivity (Wildman–Crippen MR) is 74.6 cm³/mol. The van der Waals surface area contributed by atoms with Gasteiger partial charge < -0.3 is 0 Å². The fraction of sp³-hybridized carbons (Fsp3) is 0.0769. The van der Waals surface area contributed by atoms with E-state index in [9.17, 15) is 10.1 Å². The Balaban J connectivity index is 2.24. The monoisotopic (exact) mass is 306 g/mol. The molecule has 0 N–H and O–H groups in total. The summed E-state index contributed by atoms with van der Waals surface area (Å²) in [7, 11) is 0. The number of nitrogens with zero attached hydrogens (tertiary/aromatic N) is 2. The van der Waals surface area contributed by atoms with Crippen LogP contribution in [0.25, 0.3) is 0 Å². The molecular formula is C13H11BrN2O2. The first kappa shape index (κ1) is 12.6. The van der Waals surface area contributed by atoms with Crippen molar-refractivity contribution < 1.29 is 4.92 Å². The zero-order valence-electron chi connectivity index (χ0n) is 9.49. The first-order chi connectivity index (χ1) is 8.68. The van der Waals surface area contributed by atoms with Gasteiger partial charge in [-0.05, 0) is 11.6 Å². The van der Waals surface area contributed by atoms with Gasteiger partial charge in [-0.15, -0.1) is 0 Å². The Morgan fingerprint density at radius 3 is 2.33 bits per heavy atom. The van der Waals surface area contributed by atoms with Gasteiger partial charge in [-0.2, -0.15) is 0 Å². The summed E-state index contributed by atoms with van der Waals surface area (Å²) in [6.07, 6.45) is 0. The highest BCUT2D eigenvalue weighted by Crippen LogP contribution is 2.30. The molecule has 18 heavy (non-hydrogen) atoms. The third-order valence-corrected chi connectivity index (χ3v) is 3.14. The number of anilines is 1. The highest BCUT2D eigenvalue weighted by molar-refractivity contribution is 9.10. The lowest BCUT2D eigenvalue weighted by Crippen LogP contribution is -2.10. The van der Waals surface area contributed by atoms with E-state index in [1.54, 1.807) is 22.1 Å². The molecule has 0 amide bonds. The molecule has 0 radical (unpaired) electrons. The van der Waals surface area contributed by atoms with Crippen LogP contribution in [0.1, 0.15) is 5.56 Å². The van der Waals surface area contributed by atoms with Crippen LogP contribution in [0.3, 0.4) is 0 Å². The van der Waals surface area contributed by atoms with Crippen molar-refractivity contribution in [2.45, 2.75) is 6.54 Å². The van der Waals surface area contributed by atoms with Gasteiger partial charge in [0.1, 0.15) is 5.69 Å². The van der Waals surface area contributed by atoms with E-state index in [2.05, 4.69) is 16.1 Å². The van der Waals surface area contributed by atoms with Gasteiger partial charge in [-0.25, -0.2) is 0 Å². The van der Waals surface area contributed by atoms with Crippen molar-refractivity contribution in [1.29, 1.82) is 0 Å². The van der Waals surface area contributed by atoms with Crippen molar-refractivity contribution in [3.05, 3.63) is 70.3 Å². The van der Waals surface area contributed by atoms with E-state index in [1.165, 1.54) is 6.07 Å². The molecule has 0 heterocycles. The van der Waals surface area contributed by atoms with Crippen molar-refractivity contribution in [2.75, 3.05) is 3.93 Å². The standard InChI is InChI=1S/C13H11BrN2O2/c14-15(10-11-6-2-1-3-7-11)12-8-4-5-9-13(12)16(17)18/h1-9H,10H2. The molecule has 0 saturated heterocycles. The van der Waals surface area contributed by atoms with Gasteiger partial charge in [0.15, 0.2) is 0 Å². The van der Waals surface area contributed by atoms with Crippen molar-refractivity contribution in [1.82, 2.24) is 0 Å². The molecule has 0 aromatic heterocycles. The smallest absolute Gasteiger partial charge is 0.293 e. The number of benzene rings is 2. The second-order valence-corrected chi connectivity index (χ2v) is 4.61. The maximum atomic E-state index is 10.9. The Morgan fingerprint density at radius 1 is 1.06 bits per heavy atom. The van der Waals surface area contributed by atoms with Gasteiger partial charge in [0.25, 0.3) is 5.69 Å². The van der Waals surface area contributed by atoms with E-state index >= 15 is 0 Å². The number of hydrogen-bond donors (Lipinski definition) is 0. The second kappa shape index (κ2) is 5.64. The summed E-state index contributed by atoms with van der Waals surface area (Å²) < 4.78 is 1.69. The largest absolute Gasteiger partial charge is 0.298 e. The number of nitro benzene ring substituents is 1. The van der Waals surface area contributed by atoms with E-state index in [-0.39, 0.29) is 10.6 Å². The maximum Gasteiger partial charge on any atom is 0.293 e. The van der Waals surface area contributed by atoms with Gasteiger partial charge in [0.05, 0.1) is 27.6 Å². The summed E-state index contributed by atoms with van der Waals surface area (Å²) >= 11 is 3.37. The predicted octanol–water partition coefficient (Wildman–Crippen LogP) is 3.91. The van der Waals surface area contributed by atoms with Crippen LogP contribution < -0.4 is 3.93 Å². The van der Waals surface area contributed by atoms with Crippen molar-refractivity contribution >= 4 is 27.5 Å². The zero-order valence-corrected chi connectivity index (χ0v) is 11.1. The molecule has 0 saturated carbocycles. The molecule has 0 atom stereocenters. The molecule has 4 nitrogen and oxygen atoms in total. The Kier molecular flexibility index (Phi) is 3.94. The van der Waals surface area contributed by atoms with Gasteiger partial charge in [0, 0.05) is 6.07 Å². The lowest BCUT2D eigenvalue weighted by molar-refractivity contribution is -0.384. The van der Waals surface area contributed by atoms with Crippen LogP contribution in [0.2, 0.25) is 0 Å². The quantitative estimate of drug-likeness (QED) is 0.489. The van der Waals surface area contributed by atoms with Crippen LogP contribution in [0.5, 0.6) is 0 Å². The molecule has 0 spiro atoms. The van der Waals surface area contributed by atoms with Crippen molar-refractivity contribution in [3.8, 4) is 0 Å². The van der Waals surface area contributed by atoms with Crippen LogP contribution in [-0.2, 0) is 6.54 Å². The number of hydrogen-bond acceptors (Lipinski definition) is 3. The Morgan fingerprint density at radius 2 is 1.67 bits per heavy atom. The number of halogens is 1. The summed E-state index contributed by atoms with van der Waals surface area (Å²) in [5, 5.41) is 10.9. The van der Waals surface area contributed by atoms with Crippen molar-refractivity contribution in [3.63, 3.8) is 0 Å². The minimum atomic E-state index is -0.380. The summed E-state index contributed by atoms with van der Waals surface area (Å²) in [5.74, 6) is 0. The number of para-hydroxylation sites is 2. The normalized spacial score (nSPS) is 10.1. The lowest BCUT2D eigenvalue weighted by atomic mass is 10.2. The van der Waals surface area contributed by atoms with E-state index in [0.29, 0.717) is 12.2 Å². The average Bonchev–Trinajstić information content (AvgIpc) is 2.40. The third-order valence-electron chi connectivity index (χ3n) is 2.50. The average molecular weight is 307 g/mol. The highest BCUT2D eigenvalue weighted by Gasteiger charge is 2.16. The zero-order chi connectivity index (χ0) is 13.0. The van der Waals surface area contributed by atoms with Crippen molar-refractivity contribution in [2.24, 2.45) is 0 Å². The first-order valence-corrected chi connectivity index (χ1v) is 6.10. The van der Waals surface area contributed by atoms with Crippen LogP contribution in [0.4, 0.5) is 11.4 Å². The van der Waals surface area contributed by atoms with Gasteiger partial charge in [-0.1, -0.05) is 42.5 Å². The second-order valence-electron chi connectivity index (χ2n) is 3.75. The Bertz CT molecular complexity index is 546. The van der Waals surface area contributed by atoms with Crippen LogP contribution in [0, 0.1) is 10.1 Å². The molecule has 5 heteroatoms. The Labute approximate surface area is 113 Å². The van der Waals surface area contributed by atoms with Crippen LogP contribution >= 0.6 is 16.1 Å². The molecule has 2 aromatic carbocycles. The molecule has 0 fully saturated rings. The molecule has 2 aromatic rings. The fourth-order valence-corrected chi connectivity index (χ4v) is 2.24. The molecule has 0 aliphatic rings. The van der Waals surface area contributed by atoms with E-state index in [1.807, 2.05) is 30.3 Å². The van der Waals surface area contributed by atoms with Gasteiger partial charge >= 0.3 is 0 Å². The summed E-state index contributed by atoms with van der Waals surface area (Å²) in [6.45, 7) is 0.561. The summed E-state index contributed by atoms with van der Waals surface area (Å²) in [6, 6.07) is 16.4. The molecule has 2 rings (SSSR count). The molecule has 0 aliphatic carbocycles. The number of rotatable bonds is 4.